The van der Waals surface area contributed by atoms with Gasteiger partial charge in [-0.1, -0.05) is 66.7 Å². The maximum Gasteiger partial charge on any atom is 0.338 e. The SMILES string of the molecule is Cc1cc(C(=O)OCC(=O)N2N=C(c3ccc4ccccc4c3)CC2c2ccccc2)ccc1[N+](=O)[O-]. The summed E-state index contributed by atoms with van der Waals surface area (Å²) in [7, 11) is 0. The lowest BCUT2D eigenvalue weighted by Gasteiger charge is -2.21. The third-order valence-electron chi connectivity index (χ3n) is 6.39. The fourth-order valence-electron chi connectivity index (χ4n) is 4.48. The van der Waals surface area contributed by atoms with Gasteiger partial charge in [-0.05, 0) is 47.0 Å². The summed E-state index contributed by atoms with van der Waals surface area (Å²) in [6.45, 7) is 1.03. The van der Waals surface area contributed by atoms with E-state index in [1.54, 1.807) is 0 Å². The summed E-state index contributed by atoms with van der Waals surface area (Å²) >= 11 is 0. The molecule has 1 aliphatic heterocycles. The molecule has 37 heavy (non-hydrogen) atoms. The first-order valence-corrected chi connectivity index (χ1v) is 11.8. The number of benzene rings is 4. The standard InChI is InChI=1S/C29H23N3O5/c1-19-15-24(13-14-26(19)32(35)36)29(34)37-18-28(33)31-27(21-8-3-2-4-9-21)17-25(30-31)23-12-11-20-7-5-6-10-22(20)16-23/h2-16,27H,17-18H2,1H3. The number of hydrogen-bond donors (Lipinski definition) is 0. The smallest absolute Gasteiger partial charge is 0.338 e. The predicted octanol–water partition coefficient (Wildman–Crippen LogP) is 5.59. The molecule has 0 fully saturated rings. The van der Waals surface area contributed by atoms with Crippen LogP contribution >= 0.6 is 0 Å². The van der Waals surface area contributed by atoms with E-state index in [4.69, 9.17) is 4.74 Å². The molecule has 1 heterocycles. The molecule has 5 rings (SSSR count). The molecule has 0 aromatic heterocycles. The number of nitrogens with zero attached hydrogens (tertiary/aromatic N) is 3. The maximum atomic E-state index is 13.2. The van der Waals surface area contributed by atoms with Crippen molar-refractivity contribution >= 4 is 34.0 Å². The molecule has 1 aliphatic rings. The van der Waals surface area contributed by atoms with Crippen molar-refractivity contribution in [3.63, 3.8) is 0 Å². The lowest BCUT2D eigenvalue weighted by molar-refractivity contribution is -0.385. The average molecular weight is 494 g/mol. The summed E-state index contributed by atoms with van der Waals surface area (Å²) in [6, 6.07) is 27.3. The Bertz CT molecular complexity index is 1550. The van der Waals surface area contributed by atoms with Crippen LogP contribution in [0.5, 0.6) is 0 Å². The molecule has 0 bridgehead atoms. The molecule has 0 spiro atoms. The van der Waals surface area contributed by atoms with Crippen molar-refractivity contribution in [2.75, 3.05) is 6.61 Å². The molecule has 8 nitrogen and oxygen atoms in total. The lowest BCUT2D eigenvalue weighted by atomic mass is 9.97. The van der Waals surface area contributed by atoms with Crippen LogP contribution in [0.3, 0.4) is 0 Å². The Hall–Kier alpha value is -4.85. The van der Waals surface area contributed by atoms with Crippen LogP contribution in [0, 0.1) is 17.0 Å². The van der Waals surface area contributed by atoms with Crippen molar-refractivity contribution in [3.8, 4) is 0 Å². The van der Waals surface area contributed by atoms with Crippen molar-refractivity contribution in [2.24, 2.45) is 5.10 Å². The topological polar surface area (TPSA) is 102 Å². The first-order chi connectivity index (χ1) is 17.9. The third kappa shape index (κ3) is 4.95. The Kier molecular flexibility index (Phi) is 6.47. The molecule has 4 aromatic rings. The average Bonchev–Trinajstić information content (AvgIpc) is 3.37. The Morgan fingerprint density at radius 1 is 0.973 bits per heavy atom. The molecule has 184 valence electrons. The maximum absolute atomic E-state index is 13.2. The molecule has 0 saturated heterocycles. The van der Waals surface area contributed by atoms with Gasteiger partial charge in [0.1, 0.15) is 0 Å². The molecule has 4 aromatic carbocycles. The first kappa shape index (κ1) is 23.9. The Morgan fingerprint density at radius 3 is 2.43 bits per heavy atom. The van der Waals surface area contributed by atoms with E-state index in [0.29, 0.717) is 12.0 Å². The molecule has 0 radical (unpaired) electrons. The summed E-state index contributed by atoms with van der Waals surface area (Å²) in [6.07, 6.45) is 0.517. The van der Waals surface area contributed by atoms with Crippen LogP contribution in [-0.4, -0.2) is 34.1 Å². The lowest BCUT2D eigenvalue weighted by Crippen LogP contribution is -2.31. The number of amides is 1. The number of carbonyl (C=O) groups is 2. The van der Waals surface area contributed by atoms with Gasteiger partial charge in [0.15, 0.2) is 6.61 Å². The summed E-state index contributed by atoms with van der Waals surface area (Å²) in [5.41, 5.74) is 2.99. The van der Waals surface area contributed by atoms with Crippen LogP contribution in [0.4, 0.5) is 5.69 Å². The van der Waals surface area contributed by atoms with Gasteiger partial charge in [-0.25, -0.2) is 9.80 Å². The number of esters is 1. The van der Waals surface area contributed by atoms with E-state index in [9.17, 15) is 19.7 Å². The summed E-state index contributed by atoms with van der Waals surface area (Å²) in [5, 5.41) is 19.3. The molecule has 0 aliphatic carbocycles. The van der Waals surface area contributed by atoms with Gasteiger partial charge >= 0.3 is 5.97 Å². The largest absolute Gasteiger partial charge is 0.452 e. The van der Waals surface area contributed by atoms with Crippen LogP contribution < -0.4 is 0 Å². The summed E-state index contributed by atoms with van der Waals surface area (Å²) in [4.78, 5) is 36.3. The van der Waals surface area contributed by atoms with Gasteiger partial charge < -0.3 is 4.74 Å². The monoisotopic (exact) mass is 493 g/mol. The van der Waals surface area contributed by atoms with E-state index < -0.39 is 23.4 Å². The number of carbonyl (C=O) groups excluding carboxylic acids is 2. The van der Waals surface area contributed by atoms with E-state index in [0.717, 1.165) is 27.6 Å². The van der Waals surface area contributed by atoms with Gasteiger partial charge in [0.05, 0.1) is 22.2 Å². The Balaban J connectivity index is 1.37. The first-order valence-electron chi connectivity index (χ1n) is 11.8. The number of rotatable bonds is 6. The zero-order chi connectivity index (χ0) is 25.9. The van der Waals surface area contributed by atoms with Crippen LogP contribution in [0.2, 0.25) is 0 Å². The van der Waals surface area contributed by atoms with E-state index in [2.05, 4.69) is 11.2 Å². The van der Waals surface area contributed by atoms with Gasteiger partial charge in [-0.2, -0.15) is 5.10 Å². The second kappa shape index (κ2) is 10.0. The number of hydrazone groups is 1. The van der Waals surface area contributed by atoms with E-state index in [1.165, 1.54) is 30.1 Å². The second-order valence-corrected chi connectivity index (χ2v) is 8.81. The number of fused-ring (bicyclic) bond motifs is 1. The van der Waals surface area contributed by atoms with Gasteiger partial charge in [-0.15, -0.1) is 0 Å². The highest BCUT2D eigenvalue weighted by Crippen LogP contribution is 2.33. The highest BCUT2D eigenvalue weighted by atomic mass is 16.6. The molecule has 0 saturated carbocycles. The number of hydrogen-bond acceptors (Lipinski definition) is 6. The zero-order valence-corrected chi connectivity index (χ0v) is 20.0. The van der Waals surface area contributed by atoms with Crippen LogP contribution in [0.15, 0.2) is 96.1 Å². The van der Waals surface area contributed by atoms with Gasteiger partial charge in [0.2, 0.25) is 0 Å². The van der Waals surface area contributed by atoms with Crippen molar-refractivity contribution in [2.45, 2.75) is 19.4 Å². The van der Waals surface area contributed by atoms with E-state index >= 15 is 0 Å². The molecule has 1 amide bonds. The highest BCUT2D eigenvalue weighted by molar-refractivity contribution is 6.05. The zero-order valence-electron chi connectivity index (χ0n) is 20.0. The number of aryl methyl sites for hydroxylation is 1. The summed E-state index contributed by atoms with van der Waals surface area (Å²) in [5.74, 6) is -1.20. The minimum Gasteiger partial charge on any atom is -0.452 e. The number of nitro benzene ring substituents is 1. The second-order valence-electron chi connectivity index (χ2n) is 8.81. The predicted molar refractivity (Wildman–Crippen MR) is 139 cm³/mol. The van der Waals surface area contributed by atoms with Crippen LogP contribution in [0.1, 0.15) is 39.5 Å². The normalized spacial score (nSPS) is 14.9. The van der Waals surface area contributed by atoms with Crippen molar-refractivity contribution < 1.29 is 19.2 Å². The number of nitro groups is 1. The molecule has 0 N–H and O–H groups in total. The van der Waals surface area contributed by atoms with Crippen LogP contribution in [0.25, 0.3) is 10.8 Å². The number of ether oxygens (including phenoxy) is 1. The molecule has 8 heteroatoms. The van der Waals surface area contributed by atoms with Gasteiger partial charge in [0.25, 0.3) is 11.6 Å². The molecular weight excluding hydrogens is 470 g/mol. The molecular formula is C29H23N3O5. The molecule has 1 atom stereocenters. The quantitative estimate of drug-likeness (QED) is 0.198. The molecule has 1 unspecified atom stereocenters. The van der Waals surface area contributed by atoms with Crippen molar-refractivity contribution in [1.29, 1.82) is 0 Å². The van der Waals surface area contributed by atoms with E-state index in [-0.39, 0.29) is 17.3 Å². The highest BCUT2D eigenvalue weighted by Gasteiger charge is 2.33. The summed E-state index contributed by atoms with van der Waals surface area (Å²) < 4.78 is 5.27. The van der Waals surface area contributed by atoms with Crippen molar-refractivity contribution in [3.05, 3.63) is 123 Å². The fourth-order valence-corrected chi connectivity index (χ4v) is 4.48. The fraction of sp³-hybridized carbons (Fsp3) is 0.138. The Labute approximate surface area is 212 Å². The van der Waals surface area contributed by atoms with E-state index in [1.807, 2.05) is 66.7 Å². The minimum atomic E-state index is -0.736. The minimum absolute atomic E-state index is 0.0917. The van der Waals surface area contributed by atoms with Crippen molar-refractivity contribution in [1.82, 2.24) is 5.01 Å². The third-order valence-corrected chi connectivity index (χ3v) is 6.39. The van der Waals surface area contributed by atoms with Gasteiger partial charge in [-0.3, -0.25) is 14.9 Å². The van der Waals surface area contributed by atoms with Gasteiger partial charge in [0, 0.05) is 18.1 Å². The Morgan fingerprint density at radius 2 is 1.70 bits per heavy atom. The van der Waals surface area contributed by atoms with Crippen LogP contribution in [-0.2, 0) is 9.53 Å².